The monoisotopic (exact) mass is 337 g/mol. The maximum Gasteiger partial charge on any atom is 0.231 e. The lowest BCUT2D eigenvalue weighted by Crippen LogP contribution is -2.23. The van der Waals surface area contributed by atoms with Gasteiger partial charge in [-0.25, -0.2) is 0 Å². The highest BCUT2D eigenvalue weighted by Gasteiger charge is 2.30. The maximum atomic E-state index is 12.2. The zero-order chi connectivity index (χ0) is 17.0. The van der Waals surface area contributed by atoms with Crippen LogP contribution in [-0.4, -0.2) is 30.0 Å². The molecule has 126 valence electrons. The number of ether oxygens (including phenoxy) is 3. The van der Waals surface area contributed by atoms with Crippen LogP contribution in [0.3, 0.4) is 0 Å². The first kappa shape index (κ1) is 14.2. The number of hydrogen-bond acceptors (Lipinski definition) is 5. The molecule has 0 aliphatic carbocycles. The van der Waals surface area contributed by atoms with Gasteiger partial charge in [0.05, 0.1) is 18.8 Å². The average Bonchev–Trinajstić information content (AvgIpc) is 3.26. The van der Waals surface area contributed by atoms with Crippen LogP contribution in [0.1, 0.15) is 23.5 Å². The van der Waals surface area contributed by atoms with Crippen molar-refractivity contribution in [2.24, 2.45) is 0 Å². The minimum absolute atomic E-state index is 0.0204. The Morgan fingerprint density at radius 2 is 2.16 bits per heavy atom. The maximum absolute atomic E-state index is 12.2. The SMILES string of the molecule is COc1cc(C2CC(=O)Nc3cc4[nH]ncc4cc32)cc2c1OCO2. The standard InChI is InChI=1S/C18H15N3O4/c1-23-15-3-9(4-16-18(15)25-8-24-16)11-5-17(22)20-14-6-13-10(2-12(11)14)7-19-21-13/h2-4,6-7,11H,5,8H2,1H3,(H,19,21)(H,20,22). The summed E-state index contributed by atoms with van der Waals surface area (Å²) in [6, 6.07) is 7.83. The van der Waals surface area contributed by atoms with Crippen LogP contribution in [0.4, 0.5) is 5.69 Å². The molecule has 2 N–H and O–H groups in total. The zero-order valence-electron chi connectivity index (χ0n) is 13.5. The van der Waals surface area contributed by atoms with Crippen LogP contribution in [0.15, 0.2) is 30.5 Å². The third-order valence-electron chi connectivity index (χ3n) is 4.73. The summed E-state index contributed by atoms with van der Waals surface area (Å²) in [5.41, 5.74) is 3.70. The number of anilines is 1. The van der Waals surface area contributed by atoms with Crippen molar-refractivity contribution in [3.8, 4) is 17.2 Å². The van der Waals surface area contributed by atoms with E-state index in [1.807, 2.05) is 18.2 Å². The van der Waals surface area contributed by atoms with Gasteiger partial charge in [-0.05, 0) is 35.4 Å². The van der Waals surface area contributed by atoms with Crippen LogP contribution >= 0.6 is 0 Å². The van der Waals surface area contributed by atoms with E-state index in [-0.39, 0.29) is 18.6 Å². The Hall–Kier alpha value is -3.22. The molecule has 0 saturated heterocycles. The number of benzene rings is 2. The summed E-state index contributed by atoms with van der Waals surface area (Å²) in [6.45, 7) is 0.173. The molecule has 7 heteroatoms. The molecule has 3 aromatic rings. The van der Waals surface area contributed by atoms with E-state index in [0.29, 0.717) is 23.7 Å². The van der Waals surface area contributed by atoms with E-state index in [9.17, 15) is 4.79 Å². The molecule has 25 heavy (non-hydrogen) atoms. The first-order valence-corrected chi connectivity index (χ1v) is 7.97. The molecule has 1 atom stereocenters. The summed E-state index contributed by atoms with van der Waals surface area (Å²) >= 11 is 0. The number of fused-ring (bicyclic) bond motifs is 3. The average molecular weight is 337 g/mol. The summed E-state index contributed by atoms with van der Waals surface area (Å²) in [6.07, 6.45) is 2.14. The van der Waals surface area contributed by atoms with E-state index in [0.717, 1.165) is 27.7 Å². The molecule has 2 aliphatic heterocycles. The highest BCUT2D eigenvalue weighted by Crippen LogP contribution is 2.46. The molecule has 0 radical (unpaired) electrons. The molecule has 0 fully saturated rings. The van der Waals surface area contributed by atoms with E-state index < -0.39 is 0 Å². The van der Waals surface area contributed by atoms with Gasteiger partial charge in [0.2, 0.25) is 18.4 Å². The van der Waals surface area contributed by atoms with Crippen molar-refractivity contribution in [3.63, 3.8) is 0 Å². The Morgan fingerprint density at radius 1 is 1.24 bits per heavy atom. The summed E-state index contributed by atoms with van der Waals surface area (Å²) in [4.78, 5) is 12.2. The van der Waals surface area contributed by atoms with Crippen LogP contribution in [-0.2, 0) is 4.79 Å². The predicted octanol–water partition coefficient (Wildman–Crippen LogP) is 2.77. The Balaban J connectivity index is 1.69. The normalized spacial score (nSPS) is 18.1. The van der Waals surface area contributed by atoms with Crippen molar-refractivity contribution >= 4 is 22.5 Å². The van der Waals surface area contributed by atoms with Gasteiger partial charge in [-0.1, -0.05) is 0 Å². The molecular formula is C18H15N3O4. The lowest BCUT2D eigenvalue weighted by Gasteiger charge is -2.26. The van der Waals surface area contributed by atoms with Gasteiger partial charge < -0.3 is 19.5 Å². The number of rotatable bonds is 2. The van der Waals surface area contributed by atoms with Crippen molar-refractivity contribution in [1.29, 1.82) is 0 Å². The second-order valence-electron chi connectivity index (χ2n) is 6.16. The van der Waals surface area contributed by atoms with Gasteiger partial charge in [-0.15, -0.1) is 0 Å². The largest absolute Gasteiger partial charge is 0.493 e. The number of methoxy groups -OCH3 is 1. The molecule has 0 spiro atoms. The fourth-order valence-electron chi connectivity index (χ4n) is 3.55. The fourth-order valence-corrected chi connectivity index (χ4v) is 3.55. The van der Waals surface area contributed by atoms with Crippen molar-refractivity contribution in [2.45, 2.75) is 12.3 Å². The van der Waals surface area contributed by atoms with Crippen molar-refractivity contribution < 1.29 is 19.0 Å². The van der Waals surface area contributed by atoms with Gasteiger partial charge in [0, 0.05) is 23.4 Å². The number of nitrogens with zero attached hydrogens (tertiary/aromatic N) is 1. The van der Waals surface area contributed by atoms with Crippen molar-refractivity contribution in [3.05, 3.63) is 41.6 Å². The summed E-state index contributed by atoms with van der Waals surface area (Å²) in [5, 5.41) is 11.0. The molecule has 3 heterocycles. The second kappa shape index (κ2) is 5.14. The first-order chi connectivity index (χ1) is 12.2. The number of amides is 1. The molecule has 2 aliphatic rings. The number of H-pyrrole nitrogens is 1. The second-order valence-corrected chi connectivity index (χ2v) is 6.16. The van der Waals surface area contributed by atoms with Gasteiger partial charge in [-0.3, -0.25) is 9.89 Å². The Morgan fingerprint density at radius 3 is 3.04 bits per heavy atom. The number of carbonyl (C=O) groups is 1. The summed E-state index contributed by atoms with van der Waals surface area (Å²) in [7, 11) is 1.59. The molecule has 5 rings (SSSR count). The number of nitrogens with one attached hydrogen (secondary N) is 2. The van der Waals surface area contributed by atoms with Gasteiger partial charge >= 0.3 is 0 Å². The van der Waals surface area contributed by atoms with Crippen LogP contribution in [0.2, 0.25) is 0 Å². The summed E-state index contributed by atoms with van der Waals surface area (Å²) in [5.74, 6) is 1.75. The highest BCUT2D eigenvalue weighted by atomic mass is 16.7. The van der Waals surface area contributed by atoms with E-state index in [4.69, 9.17) is 14.2 Å². The van der Waals surface area contributed by atoms with Crippen LogP contribution < -0.4 is 19.5 Å². The number of aromatic amines is 1. The van der Waals surface area contributed by atoms with Crippen molar-refractivity contribution in [2.75, 3.05) is 19.2 Å². The van der Waals surface area contributed by atoms with E-state index >= 15 is 0 Å². The van der Waals surface area contributed by atoms with Crippen LogP contribution in [0, 0.1) is 0 Å². The fraction of sp³-hybridized carbons (Fsp3) is 0.222. The van der Waals surface area contributed by atoms with Crippen LogP contribution in [0.25, 0.3) is 10.9 Å². The van der Waals surface area contributed by atoms with E-state index in [2.05, 4.69) is 21.6 Å². The first-order valence-electron chi connectivity index (χ1n) is 7.97. The third-order valence-corrected chi connectivity index (χ3v) is 4.73. The Kier molecular flexibility index (Phi) is 2.91. The smallest absolute Gasteiger partial charge is 0.231 e. The Labute approximate surface area is 142 Å². The molecule has 0 bridgehead atoms. The molecular weight excluding hydrogens is 322 g/mol. The van der Waals surface area contributed by atoms with E-state index in [1.54, 1.807) is 13.3 Å². The number of aromatic nitrogens is 2. The van der Waals surface area contributed by atoms with Crippen molar-refractivity contribution in [1.82, 2.24) is 10.2 Å². The van der Waals surface area contributed by atoms with Gasteiger partial charge in [-0.2, -0.15) is 5.10 Å². The number of hydrogen-bond donors (Lipinski definition) is 2. The zero-order valence-corrected chi connectivity index (χ0v) is 13.5. The molecule has 1 amide bonds. The van der Waals surface area contributed by atoms with E-state index in [1.165, 1.54) is 0 Å². The minimum atomic E-state index is -0.0913. The van der Waals surface area contributed by atoms with Gasteiger partial charge in [0.25, 0.3) is 0 Å². The summed E-state index contributed by atoms with van der Waals surface area (Å²) < 4.78 is 16.4. The third kappa shape index (κ3) is 2.12. The highest BCUT2D eigenvalue weighted by molar-refractivity contribution is 5.98. The van der Waals surface area contributed by atoms with Gasteiger partial charge in [0.1, 0.15) is 0 Å². The molecule has 7 nitrogen and oxygen atoms in total. The number of carbonyl (C=O) groups excluding carboxylic acids is 1. The molecule has 1 unspecified atom stereocenters. The van der Waals surface area contributed by atoms with Crippen LogP contribution in [0.5, 0.6) is 17.2 Å². The lowest BCUT2D eigenvalue weighted by molar-refractivity contribution is -0.116. The minimum Gasteiger partial charge on any atom is -0.493 e. The van der Waals surface area contributed by atoms with Gasteiger partial charge in [0.15, 0.2) is 11.5 Å². The predicted molar refractivity (Wildman–Crippen MR) is 90.3 cm³/mol. The lowest BCUT2D eigenvalue weighted by atomic mass is 9.84. The Bertz CT molecular complexity index is 1010. The molecule has 0 saturated carbocycles. The molecule has 2 aromatic carbocycles. The quantitative estimate of drug-likeness (QED) is 0.751. The topological polar surface area (TPSA) is 85.5 Å². The molecule has 1 aromatic heterocycles.